The molecule has 2 amide bonds. The molecule has 8 heteroatoms. The zero-order valence-electron chi connectivity index (χ0n) is 12.6. The SMILES string of the molecule is O=C(CN1CCOC(=O)C1)N[C@@H]1CCC(=O)N[C@H]1c1ccsc1. The molecule has 2 aliphatic rings. The van der Waals surface area contributed by atoms with Crippen molar-refractivity contribution in [2.75, 3.05) is 26.2 Å². The number of carbonyl (C=O) groups excluding carboxylic acids is 3. The van der Waals surface area contributed by atoms with E-state index in [-0.39, 0.29) is 43.0 Å². The van der Waals surface area contributed by atoms with Crippen LogP contribution in [0.4, 0.5) is 0 Å². The number of cyclic esters (lactones) is 1. The molecular weight excluding hydrogens is 318 g/mol. The lowest BCUT2D eigenvalue weighted by Gasteiger charge is -2.33. The first-order valence-corrected chi connectivity index (χ1v) is 8.55. The Bertz CT molecular complexity index is 590. The van der Waals surface area contributed by atoms with E-state index >= 15 is 0 Å². The molecule has 2 atom stereocenters. The molecule has 0 aliphatic carbocycles. The number of hydrogen-bond donors (Lipinski definition) is 2. The van der Waals surface area contributed by atoms with Gasteiger partial charge in [-0.2, -0.15) is 11.3 Å². The number of rotatable bonds is 4. The maximum Gasteiger partial charge on any atom is 0.320 e. The molecule has 0 bridgehead atoms. The average molecular weight is 337 g/mol. The van der Waals surface area contributed by atoms with Gasteiger partial charge < -0.3 is 15.4 Å². The molecular formula is C15H19N3O4S. The number of hydrogen-bond acceptors (Lipinski definition) is 6. The van der Waals surface area contributed by atoms with Crippen molar-refractivity contribution in [1.82, 2.24) is 15.5 Å². The van der Waals surface area contributed by atoms with Gasteiger partial charge in [-0.1, -0.05) is 0 Å². The molecule has 0 spiro atoms. The highest BCUT2D eigenvalue weighted by Gasteiger charge is 2.31. The third-order valence-electron chi connectivity index (χ3n) is 4.04. The van der Waals surface area contributed by atoms with Crippen molar-refractivity contribution in [2.45, 2.75) is 24.9 Å². The number of carbonyl (C=O) groups is 3. The van der Waals surface area contributed by atoms with Gasteiger partial charge in [0.1, 0.15) is 6.61 Å². The van der Waals surface area contributed by atoms with Crippen molar-refractivity contribution >= 4 is 29.1 Å². The summed E-state index contributed by atoms with van der Waals surface area (Å²) in [6.45, 7) is 1.19. The Kier molecular flexibility index (Phi) is 4.92. The molecule has 0 radical (unpaired) electrons. The van der Waals surface area contributed by atoms with Crippen LogP contribution in [0.5, 0.6) is 0 Å². The smallest absolute Gasteiger partial charge is 0.320 e. The first-order chi connectivity index (χ1) is 11.1. The van der Waals surface area contributed by atoms with Gasteiger partial charge >= 0.3 is 5.97 Å². The summed E-state index contributed by atoms with van der Waals surface area (Å²) in [5.74, 6) is -0.434. The predicted octanol–water partition coefficient (Wildman–Crippen LogP) is 0.0428. The number of nitrogens with one attached hydrogen (secondary N) is 2. The summed E-state index contributed by atoms with van der Waals surface area (Å²) in [4.78, 5) is 37.0. The molecule has 0 unspecified atom stereocenters. The minimum absolute atomic E-state index is 0.00507. The van der Waals surface area contributed by atoms with Crippen molar-refractivity contribution in [3.05, 3.63) is 22.4 Å². The Balaban J connectivity index is 1.59. The van der Waals surface area contributed by atoms with Gasteiger partial charge in [0.15, 0.2) is 0 Å². The number of thiophene rings is 1. The number of amides is 2. The van der Waals surface area contributed by atoms with E-state index in [4.69, 9.17) is 4.74 Å². The van der Waals surface area contributed by atoms with Gasteiger partial charge in [-0.15, -0.1) is 0 Å². The molecule has 7 nitrogen and oxygen atoms in total. The fraction of sp³-hybridized carbons (Fsp3) is 0.533. The van der Waals surface area contributed by atoms with E-state index in [0.717, 1.165) is 5.56 Å². The summed E-state index contributed by atoms with van der Waals surface area (Å²) in [5.41, 5.74) is 1.01. The third-order valence-corrected chi connectivity index (χ3v) is 4.74. The van der Waals surface area contributed by atoms with Crippen LogP contribution in [0.2, 0.25) is 0 Å². The molecule has 2 N–H and O–H groups in total. The van der Waals surface area contributed by atoms with E-state index in [0.29, 0.717) is 26.0 Å². The Hall–Kier alpha value is -1.93. The highest BCUT2D eigenvalue weighted by Crippen LogP contribution is 2.25. The van der Waals surface area contributed by atoms with Crippen molar-refractivity contribution in [1.29, 1.82) is 0 Å². The lowest BCUT2D eigenvalue weighted by atomic mass is 9.93. The second-order valence-corrected chi connectivity index (χ2v) is 6.53. The molecule has 2 fully saturated rings. The van der Waals surface area contributed by atoms with E-state index in [1.165, 1.54) is 0 Å². The van der Waals surface area contributed by atoms with Gasteiger partial charge in [0, 0.05) is 13.0 Å². The van der Waals surface area contributed by atoms with Crippen LogP contribution >= 0.6 is 11.3 Å². The Labute approximate surface area is 138 Å². The topological polar surface area (TPSA) is 87.7 Å². The van der Waals surface area contributed by atoms with Crippen LogP contribution in [0.25, 0.3) is 0 Å². The van der Waals surface area contributed by atoms with E-state index in [1.54, 1.807) is 16.2 Å². The zero-order valence-corrected chi connectivity index (χ0v) is 13.4. The first kappa shape index (κ1) is 15.9. The zero-order chi connectivity index (χ0) is 16.2. The van der Waals surface area contributed by atoms with Crippen molar-refractivity contribution in [3.63, 3.8) is 0 Å². The van der Waals surface area contributed by atoms with Crippen LogP contribution in [0.3, 0.4) is 0 Å². The van der Waals surface area contributed by atoms with E-state index in [2.05, 4.69) is 10.6 Å². The van der Waals surface area contributed by atoms with Crippen molar-refractivity contribution in [3.8, 4) is 0 Å². The van der Waals surface area contributed by atoms with Crippen LogP contribution in [0, 0.1) is 0 Å². The number of piperidine rings is 1. The van der Waals surface area contributed by atoms with Crippen molar-refractivity contribution in [2.24, 2.45) is 0 Å². The average Bonchev–Trinajstić information content (AvgIpc) is 3.03. The molecule has 23 heavy (non-hydrogen) atoms. The van der Waals surface area contributed by atoms with Crippen LogP contribution < -0.4 is 10.6 Å². The fourth-order valence-corrected chi connectivity index (χ4v) is 3.61. The normalized spacial score (nSPS) is 25.6. The largest absolute Gasteiger partial charge is 0.463 e. The summed E-state index contributed by atoms with van der Waals surface area (Å²) in [6.07, 6.45) is 1.02. The molecule has 3 heterocycles. The van der Waals surface area contributed by atoms with Gasteiger partial charge in [0.2, 0.25) is 11.8 Å². The Morgan fingerprint density at radius 2 is 2.35 bits per heavy atom. The first-order valence-electron chi connectivity index (χ1n) is 7.60. The molecule has 124 valence electrons. The van der Waals surface area contributed by atoms with E-state index in [1.807, 2.05) is 16.8 Å². The molecule has 3 rings (SSSR count). The predicted molar refractivity (Wildman–Crippen MR) is 83.8 cm³/mol. The standard InChI is InChI=1S/C15H19N3O4S/c19-12-2-1-11(15(17-12)10-3-6-23-9-10)16-13(20)7-18-4-5-22-14(21)8-18/h3,6,9,11,15H,1-2,4-5,7-8H2,(H,16,20)(H,17,19)/t11-,15+/m1/s1. The van der Waals surface area contributed by atoms with Crippen LogP contribution in [-0.4, -0.2) is 55.0 Å². The highest BCUT2D eigenvalue weighted by atomic mass is 32.1. The number of morpholine rings is 1. The monoisotopic (exact) mass is 337 g/mol. The molecule has 0 saturated carbocycles. The van der Waals surface area contributed by atoms with Gasteiger partial charge in [-0.3, -0.25) is 19.3 Å². The summed E-state index contributed by atoms with van der Waals surface area (Å²) >= 11 is 1.56. The molecule has 1 aromatic heterocycles. The second-order valence-electron chi connectivity index (χ2n) is 5.75. The van der Waals surface area contributed by atoms with Gasteiger partial charge in [-0.25, -0.2) is 0 Å². The maximum absolute atomic E-state index is 12.3. The van der Waals surface area contributed by atoms with Gasteiger partial charge in [0.05, 0.1) is 25.2 Å². The lowest BCUT2D eigenvalue weighted by Crippen LogP contribution is -2.53. The quantitative estimate of drug-likeness (QED) is 0.758. The van der Waals surface area contributed by atoms with E-state index < -0.39 is 0 Å². The fourth-order valence-electron chi connectivity index (χ4n) is 2.91. The second kappa shape index (κ2) is 7.10. The minimum Gasteiger partial charge on any atom is -0.463 e. The highest BCUT2D eigenvalue weighted by molar-refractivity contribution is 7.08. The van der Waals surface area contributed by atoms with Gasteiger partial charge in [-0.05, 0) is 28.8 Å². The Morgan fingerprint density at radius 1 is 1.48 bits per heavy atom. The van der Waals surface area contributed by atoms with E-state index in [9.17, 15) is 14.4 Å². The summed E-state index contributed by atoms with van der Waals surface area (Å²) < 4.78 is 4.86. The molecule has 1 aromatic rings. The lowest BCUT2D eigenvalue weighted by molar-refractivity contribution is -0.151. The molecule has 0 aromatic carbocycles. The summed E-state index contributed by atoms with van der Waals surface area (Å²) in [5, 5.41) is 9.88. The van der Waals surface area contributed by atoms with Gasteiger partial charge in [0.25, 0.3) is 0 Å². The molecule has 2 aliphatic heterocycles. The number of ether oxygens (including phenoxy) is 1. The maximum atomic E-state index is 12.3. The third kappa shape index (κ3) is 4.08. The van der Waals surface area contributed by atoms with Crippen LogP contribution in [-0.2, 0) is 19.1 Å². The summed E-state index contributed by atoms with van der Waals surface area (Å²) in [6, 6.07) is 1.63. The number of esters is 1. The minimum atomic E-state index is -0.301. The van der Waals surface area contributed by atoms with Crippen LogP contribution in [0.1, 0.15) is 24.4 Å². The molecule has 2 saturated heterocycles. The van der Waals surface area contributed by atoms with Crippen LogP contribution in [0.15, 0.2) is 16.8 Å². The number of nitrogens with zero attached hydrogens (tertiary/aromatic N) is 1. The summed E-state index contributed by atoms with van der Waals surface area (Å²) in [7, 11) is 0. The van der Waals surface area contributed by atoms with Crippen molar-refractivity contribution < 1.29 is 19.1 Å². The Morgan fingerprint density at radius 3 is 3.09 bits per heavy atom.